The molecule has 0 saturated carbocycles. The summed E-state index contributed by atoms with van der Waals surface area (Å²) in [6, 6.07) is 3.33. The van der Waals surface area contributed by atoms with Gasteiger partial charge in [0.2, 0.25) is 5.91 Å². The molecule has 6 heteroatoms. The number of rotatable bonds is 5. The van der Waals surface area contributed by atoms with E-state index >= 15 is 0 Å². The Morgan fingerprint density at radius 2 is 2.24 bits per heavy atom. The number of methoxy groups -OCH3 is 1. The van der Waals surface area contributed by atoms with Crippen molar-refractivity contribution in [3.05, 3.63) is 29.8 Å². The number of anilines is 1. The molecule has 0 aromatic heterocycles. The number of carbonyl (C=O) groups excluding carboxylic acids is 1. The molecule has 116 valence electrons. The number of nitrogens with one attached hydrogen (secondary N) is 1. The van der Waals surface area contributed by atoms with Gasteiger partial charge < -0.3 is 15.0 Å². The maximum atomic E-state index is 13.0. The third kappa shape index (κ3) is 4.75. The Morgan fingerprint density at radius 1 is 1.43 bits per heavy atom. The molecule has 1 saturated heterocycles. The van der Waals surface area contributed by atoms with Crippen LogP contribution in [0.15, 0.2) is 18.2 Å². The van der Waals surface area contributed by atoms with Crippen LogP contribution in [0.1, 0.15) is 19.3 Å². The minimum Gasteiger partial charge on any atom is -0.380 e. The van der Waals surface area contributed by atoms with Crippen LogP contribution in [0.2, 0.25) is 0 Å². The molecule has 1 N–H and O–H groups in total. The van der Waals surface area contributed by atoms with Gasteiger partial charge >= 0.3 is 0 Å². The summed E-state index contributed by atoms with van der Waals surface area (Å²) in [5.74, 6) is -2.10. The van der Waals surface area contributed by atoms with Gasteiger partial charge in [-0.1, -0.05) is 0 Å². The van der Waals surface area contributed by atoms with Crippen LogP contribution in [0.5, 0.6) is 0 Å². The number of likely N-dealkylation sites (tertiary alicyclic amines) is 1. The van der Waals surface area contributed by atoms with Crippen LogP contribution < -0.4 is 5.32 Å². The molecule has 0 aliphatic carbocycles. The molecule has 1 aliphatic heterocycles. The van der Waals surface area contributed by atoms with Crippen molar-refractivity contribution in [3.8, 4) is 0 Å². The Labute approximate surface area is 123 Å². The molecule has 0 unspecified atom stereocenters. The molecule has 1 fully saturated rings. The quantitative estimate of drug-likeness (QED) is 0.907. The minimum absolute atomic E-state index is 0.208. The second kappa shape index (κ2) is 7.47. The predicted molar refractivity (Wildman–Crippen MR) is 76.1 cm³/mol. The van der Waals surface area contributed by atoms with Crippen molar-refractivity contribution in [2.75, 3.05) is 32.1 Å². The summed E-state index contributed by atoms with van der Waals surface area (Å²) in [7, 11) is 1.70. The highest BCUT2D eigenvalue weighted by atomic mass is 19.2. The highest BCUT2D eigenvalue weighted by Gasteiger charge is 2.19. The molecule has 1 aromatic rings. The Kier molecular flexibility index (Phi) is 5.64. The maximum Gasteiger partial charge on any atom is 0.225 e. The normalized spacial score (nSPS) is 19.5. The maximum absolute atomic E-state index is 13.0. The molecule has 1 aromatic carbocycles. The number of hydrogen-bond donors (Lipinski definition) is 1. The Hall–Kier alpha value is -1.53. The average Bonchev–Trinajstić information content (AvgIpc) is 2.49. The first-order chi connectivity index (χ1) is 10.1. The summed E-state index contributed by atoms with van der Waals surface area (Å²) >= 11 is 0. The van der Waals surface area contributed by atoms with Crippen LogP contribution in [0.25, 0.3) is 0 Å². The molecule has 21 heavy (non-hydrogen) atoms. The number of carbonyl (C=O) groups is 1. The summed E-state index contributed by atoms with van der Waals surface area (Å²) in [6.45, 7) is 2.42. The van der Waals surface area contributed by atoms with Gasteiger partial charge in [0.05, 0.1) is 6.10 Å². The van der Waals surface area contributed by atoms with Crippen LogP contribution in [0.4, 0.5) is 14.5 Å². The summed E-state index contributed by atoms with van der Waals surface area (Å²) in [4.78, 5) is 14.0. The summed E-state index contributed by atoms with van der Waals surface area (Å²) in [5, 5.41) is 2.57. The second-order valence-electron chi connectivity index (χ2n) is 5.23. The first-order valence-electron chi connectivity index (χ1n) is 7.08. The Morgan fingerprint density at radius 3 is 2.95 bits per heavy atom. The van der Waals surface area contributed by atoms with Crippen molar-refractivity contribution in [2.24, 2.45) is 0 Å². The Bertz CT molecular complexity index is 497. The lowest BCUT2D eigenvalue weighted by Gasteiger charge is -2.31. The van der Waals surface area contributed by atoms with Crippen molar-refractivity contribution >= 4 is 11.6 Å². The van der Waals surface area contributed by atoms with E-state index in [1.165, 1.54) is 6.07 Å². The number of halogens is 2. The van der Waals surface area contributed by atoms with Crippen LogP contribution in [-0.2, 0) is 9.53 Å². The van der Waals surface area contributed by atoms with E-state index in [9.17, 15) is 13.6 Å². The number of benzene rings is 1. The summed E-state index contributed by atoms with van der Waals surface area (Å²) in [6.07, 6.45) is 2.65. The summed E-state index contributed by atoms with van der Waals surface area (Å²) < 4.78 is 31.2. The molecular formula is C15H20F2N2O2. The van der Waals surface area contributed by atoms with Crippen LogP contribution >= 0.6 is 0 Å². The monoisotopic (exact) mass is 298 g/mol. The number of hydrogen-bond acceptors (Lipinski definition) is 3. The van der Waals surface area contributed by atoms with Crippen molar-refractivity contribution in [1.29, 1.82) is 0 Å². The van der Waals surface area contributed by atoms with Gasteiger partial charge in [0.25, 0.3) is 0 Å². The van der Waals surface area contributed by atoms with E-state index in [0.29, 0.717) is 13.0 Å². The lowest BCUT2D eigenvalue weighted by atomic mass is 10.1. The second-order valence-corrected chi connectivity index (χ2v) is 5.23. The fourth-order valence-corrected chi connectivity index (χ4v) is 2.47. The largest absolute Gasteiger partial charge is 0.380 e. The SMILES string of the molecule is CO[C@H]1CCCN(CCC(=O)Nc2ccc(F)c(F)c2)C1. The third-order valence-corrected chi connectivity index (χ3v) is 3.65. The van der Waals surface area contributed by atoms with E-state index in [4.69, 9.17) is 4.74 Å². The molecule has 1 amide bonds. The molecule has 0 radical (unpaired) electrons. The lowest BCUT2D eigenvalue weighted by molar-refractivity contribution is -0.116. The fourth-order valence-electron chi connectivity index (χ4n) is 2.47. The van der Waals surface area contributed by atoms with E-state index in [0.717, 1.165) is 38.1 Å². The molecule has 4 nitrogen and oxygen atoms in total. The van der Waals surface area contributed by atoms with Gasteiger partial charge in [0.15, 0.2) is 11.6 Å². The average molecular weight is 298 g/mol. The molecule has 2 rings (SSSR count). The zero-order valence-corrected chi connectivity index (χ0v) is 12.1. The van der Waals surface area contributed by atoms with Crippen molar-refractivity contribution in [2.45, 2.75) is 25.4 Å². The van der Waals surface area contributed by atoms with Crippen LogP contribution in [0.3, 0.4) is 0 Å². The molecule has 0 spiro atoms. The zero-order valence-electron chi connectivity index (χ0n) is 12.1. The smallest absolute Gasteiger partial charge is 0.225 e. The van der Waals surface area contributed by atoms with Crippen molar-refractivity contribution < 1.29 is 18.3 Å². The third-order valence-electron chi connectivity index (χ3n) is 3.65. The minimum atomic E-state index is -0.966. The van der Waals surface area contributed by atoms with Gasteiger partial charge in [-0.3, -0.25) is 4.79 Å². The van der Waals surface area contributed by atoms with E-state index in [-0.39, 0.29) is 17.7 Å². The van der Waals surface area contributed by atoms with Gasteiger partial charge in [0.1, 0.15) is 0 Å². The highest BCUT2D eigenvalue weighted by Crippen LogP contribution is 2.15. The van der Waals surface area contributed by atoms with Gasteiger partial charge in [0, 0.05) is 38.4 Å². The van der Waals surface area contributed by atoms with Crippen LogP contribution in [-0.4, -0.2) is 43.7 Å². The topological polar surface area (TPSA) is 41.6 Å². The molecule has 1 aliphatic rings. The lowest BCUT2D eigenvalue weighted by Crippen LogP contribution is -2.40. The van der Waals surface area contributed by atoms with E-state index in [1.54, 1.807) is 7.11 Å². The highest BCUT2D eigenvalue weighted by molar-refractivity contribution is 5.90. The van der Waals surface area contributed by atoms with Gasteiger partial charge in [-0.05, 0) is 31.5 Å². The van der Waals surface area contributed by atoms with E-state index < -0.39 is 11.6 Å². The number of piperidine rings is 1. The first-order valence-corrected chi connectivity index (χ1v) is 7.08. The van der Waals surface area contributed by atoms with Gasteiger partial charge in [-0.2, -0.15) is 0 Å². The first kappa shape index (κ1) is 15.9. The van der Waals surface area contributed by atoms with Gasteiger partial charge in [-0.15, -0.1) is 0 Å². The van der Waals surface area contributed by atoms with Gasteiger partial charge in [-0.25, -0.2) is 8.78 Å². The molecule has 1 atom stereocenters. The number of ether oxygens (including phenoxy) is 1. The van der Waals surface area contributed by atoms with Crippen LogP contribution in [0, 0.1) is 11.6 Å². The standard InChI is InChI=1S/C15H20F2N2O2/c1-21-12-3-2-7-19(10-12)8-6-15(20)18-11-4-5-13(16)14(17)9-11/h4-5,9,12H,2-3,6-8,10H2,1H3,(H,18,20)/t12-/m0/s1. The van der Waals surface area contributed by atoms with E-state index in [2.05, 4.69) is 10.2 Å². The van der Waals surface area contributed by atoms with Crippen molar-refractivity contribution in [3.63, 3.8) is 0 Å². The molecule has 1 heterocycles. The predicted octanol–water partition coefficient (Wildman–Crippen LogP) is 2.40. The number of nitrogens with zero attached hydrogens (tertiary/aromatic N) is 1. The summed E-state index contributed by atoms with van der Waals surface area (Å²) in [5.41, 5.74) is 0.271. The zero-order chi connectivity index (χ0) is 15.2. The van der Waals surface area contributed by atoms with Crippen molar-refractivity contribution in [1.82, 2.24) is 4.90 Å². The van der Waals surface area contributed by atoms with E-state index in [1.807, 2.05) is 0 Å². The Balaban J connectivity index is 1.78. The fraction of sp³-hybridized carbons (Fsp3) is 0.533. The molecular weight excluding hydrogens is 278 g/mol. The number of amides is 1. The molecule has 0 bridgehead atoms.